The number of hydrogen-bond acceptors (Lipinski definition) is 6. The Morgan fingerprint density at radius 3 is 2.71 bits per heavy atom. The van der Waals surface area contributed by atoms with E-state index < -0.39 is 0 Å². The molecule has 4 aromatic rings. The molecule has 0 spiro atoms. The largest absolute Gasteiger partial charge is 0.497 e. The second kappa shape index (κ2) is 10.0. The highest BCUT2D eigenvalue weighted by Crippen LogP contribution is 2.29. The number of amides is 1. The molecule has 8 nitrogen and oxygen atoms in total. The van der Waals surface area contributed by atoms with Crippen LogP contribution in [0.5, 0.6) is 11.5 Å². The van der Waals surface area contributed by atoms with Crippen LogP contribution in [0.15, 0.2) is 67.0 Å². The predicted octanol–water partition coefficient (Wildman–Crippen LogP) is 3.95. The minimum atomic E-state index is -0.0927. The third-order valence-corrected chi connectivity index (χ3v) is 6.45. The van der Waals surface area contributed by atoms with Gasteiger partial charge in [-0.3, -0.25) is 4.79 Å². The van der Waals surface area contributed by atoms with Gasteiger partial charge in [0.2, 0.25) is 5.91 Å². The van der Waals surface area contributed by atoms with Crippen LogP contribution in [0.4, 0.5) is 5.82 Å². The number of nitrogens with zero attached hydrogens (tertiary/aromatic N) is 4. The van der Waals surface area contributed by atoms with Crippen molar-refractivity contribution in [1.29, 1.82) is 0 Å². The highest BCUT2D eigenvalue weighted by molar-refractivity contribution is 5.81. The van der Waals surface area contributed by atoms with Gasteiger partial charge in [-0.2, -0.15) is 5.10 Å². The zero-order valence-electron chi connectivity index (χ0n) is 20.0. The first-order valence-corrected chi connectivity index (χ1v) is 11.8. The van der Waals surface area contributed by atoms with Gasteiger partial charge in [0.1, 0.15) is 17.0 Å². The van der Waals surface area contributed by atoms with Crippen LogP contribution in [-0.2, 0) is 11.3 Å². The van der Waals surface area contributed by atoms with E-state index in [4.69, 9.17) is 14.6 Å². The quantitative estimate of drug-likeness (QED) is 0.440. The molecule has 3 heterocycles. The molecule has 1 saturated heterocycles. The lowest BCUT2D eigenvalue weighted by molar-refractivity contribution is -0.125. The minimum absolute atomic E-state index is 0.0723. The number of aromatic nitrogens is 3. The summed E-state index contributed by atoms with van der Waals surface area (Å²) < 4.78 is 12.4. The number of rotatable bonds is 7. The van der Waals surface area contributed by atoms with Crippen molar-refractivity contribution in [3.63, 3.8) is 0 Å². The van der Waals surface area contributed by atoms with E-state index in [1.807, 2.05) is 65.3 Å². The van der Waals surface area contributed by atoms with Crippen LogP contribution in [0.1, 0.15) is 18.4 Å². The van der Waals surface area contributed by atoms with Crippen LogP contribution in [0, 0.1) is 5.92 Å². The van der Waals surface area contributed by atoms with Gasteiger partial charge in [0.25, 0.3) is 0 Å². The number of benzene rings is 2. The number of carbonyl (C=O) groups is 1. The molecular formula is C27H29N5O3. The molecule has 0 aliphatic carbocycles. The highest BCUT2D eigenvalue weighted by Gasteiger charge is 2.27. The molecule has 2 aromatic carbocycles. The molecule has 2 aromatic heterocycles. The summed E-state index contributed by atoms with van der Waals surface area (Å²) >= 11 is 0. The molecule has 1 atom stereocenters. The van der Waals surface area contributed by atoms with E-state index in [-0.39, 0.29) is 11.8 Å². The van der Waals surface area contributed by atoms with Gasteiger partial charge < -0.3 is 19.7 Å². The number of fused-ring (bicyclic) bond motifs is 1. The number of anilines is 1. The van der Waals surface area contributed by atoms with Crippen molar-refractivity contribution in [1.82, 2.24) is 19.9 Å². The lowest BCUT2D eigenvalue weighted by atomic mass is 9.97. The summed E-state index contributed by atoms with van der Waals surface area (Å²) in [4.78, 5) is 19.8. The zero-order chi connectivity index (χ0) is 24.2. The lowest BCUT2D eigenvalue weighted by Gasteiger charge is -2.33. The van der Waals surface area contributed by atoms with E-state index in [1.165, 1.54) is 0 Å². The normalized spacial score (nSPS) is 15.7. The Kier molecular flexibility index (Phi) is 6.52. The maximum atomic E-state index is 13.0. The molecule has 1 fully saturated rings. The van der Waals surface area contributed by atoms with Crippen LogP contribution < -0.4 is 19.7 Å². The van der Waals surface area contributed by atoms with E-state index in [0.717, 1.165) is 59.0 Å². The Bertz CT molecular complexity index is 1320. The zero-order valence-corrected chi connectivity index (χ0v) is 20.0. The fourth-order valence-electron chi connectivity index (χ4n) is 4.54. The van der Waals surface area contributed by atoms with Crippen molar-refractivity contribution in [2.45, 2.75) is 19.4 Å². The second-order valence-electron chi connectivity index (χ2n) is 8.69. The first-order valence-electron chi connectivity index (χ1n) is 11.8. The Labute approximate surface area is 204 Å². The molecule has 0 unspecified atom stereocenters. The maximum absolute atomic E-state index is 13.0. The van der Waals surface area contributed by atoms with E-state index >= 15 is 0 Å². The van der Waals surface area contributed by atoms with Crippen molar-refractivity contribution in [3.05, 3.63) is 72.6 Å². The number of ether oxygens (including phenoxy) is 2. The number of carbonyl (C=O) groups excluding carboxylic acids is 1. The highest BCUT2D eigenvalue weighted by atomic mass is 16.5. The number of nitrogens with one attached hydrogen (secondary N) is 1. The molecule has 8 heteroatoms. The Morgan fingerprint density at radius 2 is 1.91 bits per heavy atom. The third-order valence-electron chi connectivity index (χ3n) is 6.45. The number of piperidine rings is 1. The standard InChI is InChI=1S/C27H29N5O3/c1-34-22-10-8-19(9-11-22)17-29-27(33)21-6-4-13-31(18-21)26-25-16-24(30-32(25)14-12-28-26)20-5-3-7-23(15-20)35-2/h3,5,7-12,14-16,21H,4,6,13,17-18H2,1-2H3,(H,29,33)/t21-/m1/s1. The van der Waals surface area contributed by atoms with Gasteiger partial charge >= 0.3 is 0 Å². The second-order valence-corrected chi connectivity index (χ2v) is 8.69. The molecule has 0 radical (unpaired) electrons. The van der Waals surface area contributed by atoms with E-state index in [1.54, 1.807) is 20.4 Å². The number of hydrogen-bond donors (Lipinski definition) is 1. The fraction of sp³-hybridized carbons (Fsp3) is 0.296. The number of methoxy groups -OCH3 is 2. The summed E-state index contributed by atoms with van der Waals surface area (Å²) in [6.07, 6.45) is 5.41. The monoisotopic (exact) mass is 471 g/mol. The smallest absolute Gasteiger partial charge is 0.225 e. The average Bonchev–Trinajstić information content (AvgIpc) is 3.37. The summed E-state index contributed by atoms with van der Waals surface area (Å²) in [5.41, 5.74) is 3.80. The summed E-state index contributed by atoms with van der Waals surface area (Å²) in [6.45, 7) is 1.98. The van der Waals surface area contributed by atoms with Gasteiger partial charge in [-0.1, -0.05) is 24.3 Å². The van der Waals surface area contributed by atoms with Crippen molar-refractivity contribution in [2.75, 3.05) is 32.2 Å². The predicted molar refractivity (Wildman–Crippen MR) is 135 cm³/mol. The molecule has 1 aliphatic rings. The molecule has 0 saturated carbocycles. The molecule has 5 rings (SSSR count). The maximum Gasteiger partial charge on any atom is 0.225 e. The molecular weight excluding hydrogens is 442 g/mol. The van der Waals surface area contributed by atoms with Gasteiger partial charge in [0.05, 0.1) is 25.8 Å². The van der Waals surface area contributed by atoms with Crippen LogP contribution in [0.25, 0.3) is 16.8 Å². The Balaban J connectivity index is 1.31. The first kappa shape index (κ1) is 22.7. The summed E-state index contributed by atoms with van der Waals surface area (Å²) in [6, 6.07) is 17.7. The minimum Gasteiger partial charge on any atom is -0.497 e. The van der Waals surface area contributed by atoms with Gasteiger partial charge in [-0.25, -0.2) is 9.50 Å². The SMILES string of the molecule is COc1ccc(CNC(=O)[C@@H]2CCCN(c3nccn4nc(-c5cccc(OC)c5)cc34)C2)cc1. The average molecular weight is 472 g/mol. The van der Waals surface area contributed by atoms with Crippen molar-refractivity contribution in [3.8, 4) is 22.8 Å². The van der Waals surface area contributed by atoms with Crippen molar-refractivity contribution < 1.29 is 14.3 Å². The topological polar surface area (TPSA) is 81.0 Å². The molecule has 1 aliphatic heterocycles. The van der Waals surface area contributed by atoms with E-state index in [9.17, 15) is 4.79 Å². The van der Waals surface area contributed by atoms with Crippen LogP contribution >= 0.6 is 0 Å². The molecule has 35 heavy (non-hydrogen) atoms. The Hall–Kier alpha value is -4.07. The van der Waals surface area contributed by atoms with E-state index in [0.29, 0.717) is 13.1 Å². The van der Waals surface area contributed by atoms with Crippen molar-refractivity contribution >= 4 is 17.2 Å². The van der Waals surface area contributed by atoms with E-state index in [2.05, 4.69) is 15.2 Å². The summed E-state index contributed by atoms with van der Waals surface area (Å²) in [7, 11) is 3.30. The first-order chi connectivity index (χ1) is 17.1. The molecule has 1 amide bonds. The summed E-state index contributed by atoms with van der Waals surface area (Å²) in [5.74, 6) is 2.42. The summed E-state index contributed by atoms with van der Waals surface area (Å²) in [5, 5.41) is 7.85. The van der Waals surface area contributed by atoms with Gasteiger partial charge in [0.15, 0.2) is 5.82 Å². The van der Waals surface area contributed by atoms with Gasteiger partial charge in [0, 0.05) is 37.6 Å². The molecule has 0 bridgehead atoms. The van der Waals surface area contributed by atoms with Crippen LogP contribution in [0.2, 0.25) is 0 Å². The fourth-order valence-corrected chi connectivity index (χ4v) is 4.54. The van der Waals surface area contributed by atoms with Gasteiger partial charge in [-0.05, 0) is 48.7 Å². The molecule has 180 valence electrons. The van der Waals surface area contributed by atoms with Crippen molar-refractivity contribution in [2.24, 2.45) is 5.92 Å². The lowest BCUT2D eigenvalue weighted by Crippen LogP contribution is -2.43. The third kappa shape index (κ3) is 4.91. The Morgan fingerprint density at radius 1 is 1.09 bits per heavy atom. The molecule has 1 N–H and O–H groups in total. The van der Waals surface area contributed by atoms with Crippen LogP contribution in [0.3, 0.4) is 0 Å². The van der Waals surface area contributed by atoms with Crippen LogP contribution in [-0.4, -0.2) is 47.8 Å². The van der Waals surface area contributed by atoms with Gasteiger partial charge in [-0.15, -0.1) is 0 Å².